The fourth-order valence-electron chi connectivity index (χ4n) is 5.90. The van der Waals surface area contributed by atoms with Gasteiger partial charge in [-0.1, -0.05) is 19.9 Å². The molecule has 2 N–H and O–H groups in total. The van der Waals surface area contributed by atoms with Gasteiger partial charge in [0.25, 0.3) is 0 Å². The van der Waals surface area contributed by atoms with Crippen LogP contribution in [0, 0.1) is 11.6 Å². The van der Waals surface area contributed by atoms with Crippen LogP contribution in [0.4, 0.5) is 28.9 Å². The van der Waals surface area contributed by atoms with Gasteiger partial charge in [-0.25, -0.2) is 13.2 Å². The summed E-state index contributed by atoms with van der Waals surface area (Å²) < 4.78 is 72.1. The van der Waals surface area contributed by atoms with E-state index in [0.29, 0.717) is 50.5 Å². The average Bonchev–Trinajstić information content (AvgIpc) is 2.85. The maximum atomic E-state index is 15.8. The molecule has 0 spiro atoms. The zero-order chi connectivity index (χ0) is 29.2. The summed E-state index contributed by atoms with van der Waals surface area (Å²) in [5.74, 6) is -1.38. The minimum absolute atomic E-state index is 0.00875. The molecule has 2 aromatic rings. The van der Waals surface area contributed by atoms with E-state index in [1.54, 1.807) is 6.07 Å². The van der Waals surface area contributed by atoms with Crippen molar-refractivity contribution in [2.45, 2.75) is 71.3 Å². The molecule has 40 heavy (non-hydrogen) atoms. The van der Waals surface area contributed by atoms with Crippen molar-refractivity contribution in [2.24, 2.45) is 0 Å². The van der Waals surface area contributed by atoms with Gasteiger partial charge < -0.3 is 15.0 Å². The van der Waals surface area contributed by atoms with E-state index >= 15 is 8.78 Å². The van der Waals surface area contributed by atoms with Crippen molar-refractivity contribution in [3.05, 3.63) is 58.7 Å². The maximum absolute atomic E-state index is 15.8. The number of hydrogen-bond acceptors (Lipinski definition) is 4. The molecule has 4 rings (SSSR count). The smallest absolute Gasteiger partial charge is 0.169 e. The lowest BCUT2D eigenvalue weighted by molar-refractivity contribution is 0.0653. The molecule has 1 saturated heterocycles. The Morgan fingerprint density at radius 3 is 2.27 bits per heavy atom. The van der Waals surface area contributed by atoms with Gasteiger partial charge in [-0.15, -0.1) is 0 Å². The third kappa shape index (κ3) is 7.03. The summed E-state index contributed by atoms with van der Waals surface area (Å²) in [5.41, 5.74) is 1.01. The number of nitrogens with one attached hydrogen (secondary N) is 2. The Hall–Kier alpha value is -2.09. The Labute approximate surface area is 236 Å². The van der Waals surface area contributed by atoms with Crippen molar-refractivity contribution in [1.29, 1.82) is 0 Å². The summed E-state index contributed by atoms with van der Waals surface area (Å²) >= 11 is 0. The highest BCUT2D eigenvalue weighted by Crippen LogP contribution is 2.47. The van der Waals surface area contributed by atoms with Gasteiger partial charge in [-0.2, -0.15) is 0 Å². The van der Waals surface area contributed by atoms with Crippen LogP contribution < -0.4 is 10.4 Å². The van der Waals surface area contributed by atoms with Crippen molar-refractivity contribution in [1.82, 2.24) is 9.80 Å². The third-order valence-electron chi connectivity index (χ3n) is 8.05. The quantitative estimate of drug-likeness (QED) is 0.204. The summed E-state index contributed by atoms with van der Waals surface area (Å²) in [6, 6.07) is 7.21. The third-order valence-corrected chi connectivity index (χ3v) is 10.8. The van der Waals surface area contributed by atoms with Crippen LogP contribution >= 0.6 is 7.29 Å². The first kappa shape index (κ1) is 30.9. The highest BCUT2D eigenvalue weighted by atomic mass is 31.2. The molecule has 2 aliphatic rings. The first-order valence-corrected chi connectivity index (χ1v) is 16.4. The molecule has 0 bridgehead atoms. The predicted octanol–water partition coefficient (Wildman–Crippen LogP) is 7.23. The summed E-state index contributed by atoms with van der Waals surface area (Å²) in [7, 11) is -2.56. The number of anilines is 2. The monoisotopic (exact) mass is 582 g/mol. The molecule has 0 saturated carbocycles. The van der Waals surface area contributed by atoms with E-state index in [9.17, 15) is 13.3 Å². The van der Waals surface area contributed by atoms with Gasteiger partial charge >= 0.3 is 0 Å². The van der Waals surface area contributed by atoms with Gasteiger partial charge in [0.15, 0.2) is 7.29 Å². The van der Waals surface area contributed by atoms with Gasteiger partial charge in [-0.05, 0) is 69.0 Å². The van der Waals surface area contributed by atoms with E-state index in [2.05, 4.69) is 15.3 Å². The summed E-state index contributed by atoms with van der Waals surface area (Å²) in [4.78, 5) is 3.94. The number of likely N-dealkylation sites (tertiary alicyclic amines) is 1. The zero-order valence-electron chi connectivity index (χ0n) is 24.2. The van der Waals surface area contributed by atoms with Crippen LogP contribution in [0.15, 0.2) is 30.3 Å². The minimum Gasteiger partial charge on any atom is -0.380 e. The highest BCUT2D eigenvalue weighted by molar-refractivity contribution is 7.65. The largest absolute Gasteiger partial charge is 0.380 e. The van der Waals surface area contributed by atoms with Crippen LogP contribution in [-0.4, -0.2) is 72.7 Å². The lowest BCUT2D eigenvalue weighted by Crippen LogP contribution is -2.54. The fraction of sp³-hybridized carbons (Fsp3) is 0.600. The van der Waals surface area contributed by atoms with Crippen LogP contribution in [0.1, 0.15) is 63.8 Å². The lowest BCUT2D eigenvalue weighted by Gasteiger charge is -2.44. The standard InChI is InChI=1S/C30H43F4N4OP/c1-6-40(39,7-2)36-22-9-10-25-21(14-22)13-20(3)38(19-30(4,5)34)29(25)28-26(32)15-23(16-27(28)33)35-24-17-37(18-24)12-8-11-31/h9-10,14-16,20,24,29,35H,6-8,11-13,17-19H2,1-5H3,(H,36,39). The van der Waals surface area contributed by atoms with E-state index in [1.165, 1.54) is 26.0 Å². The predicted molar refractivity (Wildman–Crippen MR) is 156 cm³/mol. The second-order valence-corrected chi connectivity index (χ2v) is 15.2. The molecule has 222 valence electrons. The van der Waals surface area contributed by atoms with E-state index in [-0.39, 0.29) is 30.9 Å². The molecule has 0 aliphatic carbocycles. The maximum Gasteiger partial charge on any atom is 0.169 e. The number of benzene rings is 2. The Balaban J connectivity index is 1.67. The van der Waals surface area contributed by atoms with E-state index < -0.39 is 30.6 Å². The van der Waals surface area contributed by atoms with Gasteiger partial charge in [0.2, 0.25) is 0 Å². The Morgan fingerprint density at radius 2 is 1.70 bits per heavy atom. The molecule has 0 aromatic heterocycles. The lowest BCUT2D eigenvalue weighted by atomic mass is 9.83. The molecule has 5 nitrogen and oxygen atoms in total. The first-order valence-electron chi connectivity index (χ1n) is 14.3. The molecular weight excluding hydrogens is 539 g/mol. The normalized spacial score (nSPS) is 20.7. The number of rotatable bonds is 12. The van der Waals surface area contributed by atoms with E-state index in [1.807, 2.05) is 37.8 Å². The topological polar surface area (TPSA) is 47.6 Å². The van der Waals surface area contributed by atoms with Crippen molar-refractivity contribution in [3.8, 4) is 0 Å². The van der Waals surface area contributed by atoms with Crippen molar-refractivity contribution >= 4 is 18.7 Å². The van der Waals surface area contributed by atoms with E-state index in [0.717, 1.165) is 16.8 Å². The molecule has 2 heterocycles. The van der Waals surface area contributed by atoms with Crippen LogP contribution in [0.3, 0.4) is 0 Å². The van der Waals surface area contributed by atoms with Gasteiger partial charge in [0.05, 0.1) is 18.8 Å². The molecule has 0 radical (unpaired) electrons. The Morgan fingerprint density at radius 1 is 1.05 bits per heavy atom. The number of halogens is 4. The Kier molecular flexibility index (Phi) is 9.58. The second kappa shape index (κ2) is 12.4. The molecule has 2 atom stereocenters. The minimum atomic E-state index is -2.56. The van der Waals surface area contributed by atoms with Crippen LogP contribution in [0.2, 0.25) is 0 Å². The van der Waals surface area contributed by atoms with Crippen molar-refractivity contribution in [3.63, 3.8) is 0 Å². The number of fused-ring (bicyclic) bond motifs is 1. The second-order valence-electron chi connectivity index (χ2n) is 11.9. The SMILES string of the molecule is CCP(=O)(CC)Nc1ccc2c(c1)CC(C)N(CC(C)(C)F)C2c1c(F)cc(NC2CN(CCCF)C2)cc1F. The van der Waals surface area contributed by atoms with Crippen molar-refractivity contribution < 1.29 is 22.1 Å². The molecule has 10 heteroatoms. The number of alkyl halides is 2. The molecule has 2 unspecified atom stereocenters. The Bertz CT molecular complexity index is 1200. The molecular formula is C30H43F4N4OP. The van der Waals surface area contributed by atoms with Crippen molar-refractivity contribution in [2.75, 3.05) is 55.6 Å². The van der Waals surface area contributed by atoms with E-state index in [4.69, 9.17) is 0 Å². The number of nitrogens with zero attached hydrogens (tertiary/aromatic N) is 2. The summed E-state index contributed by atoms with van der Waals surface area (Å²) in [6.45, 7) is 10.4. The van der Waals surface area contributed by atoms with Crippen LogP contribution in [0.25, 0.3) is 0 Å². The van der Waals surface area contributed by atoms with Crippen LogP contribution in [0.5, 0.6) is 0 Å². The fourth-order valence-corrected chi connectivity index (χ4v) is 7.27. The summed E-state index contributed by atoms with van der Waals surface area (Å²) in [6.07, 6.45) is 2.09. The van der Waals surface area contributed by atoms with Gasteiger partial charge in [0, 0.05) is 61.5 Å². The van der Waals surface area contributed by atoms with Gasteiger partial charge in [-0.3, -0.25) is 14.2 Å². The number of hydrogen-bond donors (Lipinski definition) is 2. The highest BCUT2D eigenvalue weighted by Gasteiger charge is 2.39. The zero-order valence-corrected chi connectivity index (χ0v) is 25.1. The molecule has 1 fully saturated rings. The molecule has 2 aromatic carbocycles. The molecule has 2 aliphatic heterocycles. The molecule has 0 amide bonds. The van der Waals surface area contributed by atoms with Gasteiger partial charge in [0.1, 0.15) is 17.3 Å². The summed E-state index contributed by atoms with van der Waals surface area (Å²) in [5, 5.41) is 6.39. The van der Waals surface area contributed by atoms with Crippen LogP contribution in [-0.2, 0) is 11.0 Å². The first-order chi connectivity index (χ1) is 18.9. The average molecular weight is 583 g/mol.